The van der Waals surface area contributed by atoms with Gasteiger partial charge >= 0.3 is 0 Å². The molecule has 0 spiro atoms. The molecular weight excluding hydrogens is 376 g/mol. The monoisotopic (exact) mass is 388 g/mol. The maximum Gasteiger partial charge on any atom is 0.261 e. The highest BCUT2D eigenvalue weighted by Crippen LogP contribution is 2.23. The summed E-state index contributed by atoms with van der Waals surface area (Å²) in [4.78, 5) is 16.4. The lowest BCUT2D eigenvalue weighted by Crippen LogP contribution is -2.13. The third-order valence-electron chi connectivity index (χ3n) is 3.13. The van der Waals surface area contributed by atoms with E-state index in [4.69, 9.17) is 4.74 Å². The summed E-state index contributed by atoms with van der Waals surface area (Å²) in [5, 5.41) is 5.14. The van der Waals surface area contributed by atoms with Crippen molar-refractivity contribution in [2.75, 3.05) is 5.32 Å². The highest BCUT2D eigenvalue weighted by atomic mass is 79.9. The van der Waals surface area contributed by atoms with E-state index >= 15 is 0 Å². The predicted molar refractivity (Wildman–Crippen MR) is 95.0 cm³/mol. The fourth-order valence-corrected chi connectivity index (χ4v) is 2.92. The van der Waals surface area contributed by atoms with Gasteiger partial charge in [0, 0.05) is 21.6 Å². The van der Waals surface area contributed by atoms with E-state index in [9.17, 15) is 4.79 Å². The van der Waals surface area contributed by atoms with E-state index in [1.807, 2.05) is 41.8 Å². The Labute approximate surface area is 146 Å². The second-order valence-electron chi connectivity index (χ2n) is 4.67. The van der Waals surface area contributed by atoms with Crippen molar-refractivity contribution in [2.24, 2.45) is 0 Å². The standard InChI is InChI=1S/C17H13BrN2O2S/c18-14-7-3-1-5-12(14)11-22-15-8-4-2-6-13(15)16(21)20-17-19-9-10-23-17/h1-10H,11H2,(H,19,20,21). The number of benzene rings is 2. The smallest absolute Gasteiger partial charge is 0.261 e. The number of aromatic nitrogens is 1. The Morgan fingerprint density at radius 2 is 1.96 bits per heavy atom. The van der Waals surface area contributed by atoms with Crippen LogP contribution >= 0.6 is 27.3 Å². The lowest BCUT2D eigenvalue weighted by Gasteiger charge is -2.11. The average Bonchev–Trinajstić information content (AvgIpc) is 3.07. The number of nitrogens with one attached hydrogen (secondary N) is 1. The number of ether oxygens (including phenoxy) is 1. The molecule has 1 aromatic heterocycles. The first-order valence-corrected chi connectivity index (χ1v) is 8.57. The number of para-hydroxylation sites is 1. The Morgan fingerprint density at radius 3 is 2.74 bits per heavy atom. The van der Waals surface area contributed by atoms with Gasteiger partial charge in [0.25, 0.3) is 5.91 Å². The lowest BCUT2D eigenvalue weighted by molar-refractivity contribution is 0.102. The molecule has 4 nitrogen and oxygen atoms in total. The van der Waals surface area contributed by atoms with Crippen molar-refractivity contribution in [3.8, 4) is 5.75 Å². The van der Waals surface area contributed by atoms with Crippen molar-refractivity contribution in [1.82, 2.24) is 4.98 Å². The zero-order chi connectivity index (χ0) is 16.1. The third-order valence-corrected chi connectivity index (χ3v) is 4.59. The van der Waals surface area contributed by atoms with E-state index in [1.54, 1.807) is 18.3 Å². The molecule has 3 aromatic rings. The minimum atomic E-state index is -0.234. The van der Waals surface area contributed by atoms with Crippen LogP contribution in [0.2, 0.25) is 0 Å². The number of hydrogen-bond donors (Lipinski definition) is 1. The SMILES string of the molecule is O=C(Nc1nccs1)c1ccccc1OCc1ccccc1Br. The fraction of sp³-hybridized carbons (Fsp3) is 0.0588. The van der Waals surface area contributed by atoms with Gasteiger partial charge in [-0.3, -0.25) is 10.1 Å². The van der Waals surface area contributed by atoms with Crippen molar-refractivity contribution in [3.05, 3.63) is 75.7 Å². The molecule has 23 heavy (non-hydrogen) atoms. The van der Waals surface area contributed by atoms with Gasteiger partial charge in [-0.25, -0.2) is 4.98 Å². The highest BCUT2D eigenvalue weighted by Gasteiger charge is 2.13. The molecule has 0 saturated heterocycles. The van der Waals surface area contributed by atoms with Crippen LogP contribution in [-0.2, 0) is 6.61 Å². The summed E-state index contributed by atoms with van der Waals surface area (Å²) in [5.41, 5.74) is 1.50. The first kappa shape index (κ1) is 15.7. The summed E-state index contributed by atoms with van der Waals surface area (Å²) in [6.07, 6.45) is 1.65. The largest absolute Gasteiger partial charge is 0.488 e. The van der Waals surface area contributed by atoms with Crippen LogP contribution in [0.25, 0.3) is 0 Å². The topological polar surface area (TPSA) is 51.2 Å². The zero-order valence-corrected chi connectivity index (χ0v) is 14.4. The highest BCUT2D eigenvalue weighted by molar-refractivity contribution is 9.10. The Bertz CT molecular complexity index is 806. The number of carbonyl (C=O) groups is 1. The summed E-state index contributed by atoms with van der Waals surface area (Å²) in [5.74, 6) is 0.306. The van der Waals surface area contributed by atoms with Crippen LogP contribution in [-0.4, -0.2) is 10.9 Å². The summed E-state index contributed by atoms with van der Waals surface area (Å²) < 4.78 is 6.81. The molecular formula is C17H13BrN2O2S. The van der Waals surface area contributed by atoms with Crippen LogP contribution in [0, 0.1) is 0 Å². The Balaban J connectivity index is 1.75. The molecule has 0 bridgehead atoms. The molecule has 1 N–H and O–H groups in total. The van der Waals surface area contributed by atoms with Crippen molar-refractivity contribution < 1.29 is 9.53 Å². The third kappa shape index (κ3) is 3.97. The summed E-state index contributed by atoms with van der Waals surface area (Å²) in [6, 6.07) is 15.0. The van der Waals surface area contributed by atoms with Crippen LogP contribution < -0.4 is 10.1 Å². The number of nitrogens with zero attached hydrogens (tertiary/aromatic N) is 1. The molecule has 3 rings (SSSR count). The maximum atomic E-state index is 12.4. The van der Waals surface area contributed by atoms with Gasteiger partial charge in [0.2, 0.25) is 0 Å². The van der Waals surface area contributed by atoms with E-state index in [0.29, 0.717) is 23.1 Å². The van der Waals surface area contributed by atoms with E-state index in [1.165, 1.54) is 11.3 Å². The molecule has 0 atom stereocenters. The van der Waals surface area contributed by atoms with Crippen LogP contribution in [0.1, 0.15) is 15.9 Å². The van der Waals surface area contributed by atoms with Gasteiger partial charge in [-0.2, -0.15) is 0 Å². The molecule has 0 unspecified atom stereocenters. The molecule has 0 saturated carbocycles. The van der Waals surface area contributed by atoms with Crippen molar-refractivity contribution in [3.63, 3.8) is 0 Å². The minimum absolute atomic E-state index is 0.234. The molecule has 1 heterocycles. The maximum absolute atomic E-state index is 12.4. The van der Waals surface area contributed by atoms with Crippen LogP contribution in [0.15, 0.2) is 64.6 Å². The van der Waals surface area contributed by atoms with Gasteiger partial charge in [-0.15, -0.1) is 11.3 Å². The molecule has 1 amide bonds. The van der Waals surface area contributed by atoms with Crippen molar-refractivity contribution in [1.29, 1.82) is 0 Å². The average molecular weight is 389 g/mol. The van der Waals surface area contributed by atoms with E-state index in [-0.39, 0.29) is 5.91 Å². The first-order valence-electron chi connectivity index (χ1n) is 6.90. The molecule has 0 radical (unpaired) electrons. The normalized spacial score (nSPS) is 10.3. The number of anilines is 1. The number of halogens is 1. The fourth-order valence-electron chi connectivity index (χ4n) is 2.00. The van der Waals surface area contributed by atoms with E-state index < -0.39 is 0 Å². The molecule has 116 valence electrons. The van der Waals surface area contributed by atoms with Gasteiger partial charge in [-0.1, -0.05) is 46.3 Å². The number of rotatable bonds is 5. The van der Waals surface area contributed by atoms with Crippen molar-refractivity contribution in [2.45, 2.75) is 6.61 Å². The second kappa shape index (κ2) is 7.39. The van der Waals surface area contributed by atoms with Gasteiger partial charge in [0.1, 0.15) is 12.4 Å². The van der Waals surface area contributed by atoms with Crippen LogP contribution in [0.4, 0.5) is 5.13 Å². The van der Waals surface area contributed by atoms with Gasteiger partial charge in [0.05, 0.1) is 5.56 Å². The van der Waals surface area contributed by atoms with E-state index in [0.717, 1.165) is 10.0 Å². The molecule has 0 aliphatic carbocycles. The number of hydrogen-bond acceptors (Lipinski definition) is 4. The Hall–Kier alpha value is -2.18. The lowest BCUT2D eigenvalue weighted by atomic mass is 10.2. The summed E-state index contributed by atoms with van der Waals surface area (Å²) in [7, 11) is 0. The molecule has 0 fully saturated rings. The number of carbonyl (C=O) groups excluding carboxylic acids is 1. The molecule has 0 aliphatic heterocycles. The zero-order valence-electron chi connectivity index (χ0n) is 12.0. The molecule has 0 aliphatic rings. The molecule has 2 aromatic carbocycles. The van der Waals surface area contributed by atoms with Crippen LogP contribution in [0.3, 0.4) is 0 Å². The Morgan fingerprint density at radius 1 is 1.17 bits per heavy atom. The number of amides is 1. The van der Waals surface area contributed by atoms with Gasteiger partial charge in [-0.05, 0) is 18.2 Å². The predicted octanol–water partition coefficient (Wildman–Crippen LogP) is 4.74. The Kier molecular flexibility index (Phi) is 5.05. The first-order chi connectivity index (χ1) is 11.2. The van der Waals surface area contributed by atoms with Gasteiger partial charge < -0.3 is 4.74 Å². The number of thiazole rings is 1. The van der Waals surface area contributed by atoms with E-state index in [2.05, 4.69) is 26.2 Å². The summed E-state index contributed by atoms with van der Waals surface area (Å²) >= 11 is 4.86. The van der Waals surface area contributed by atoms with Crippen LogP contribution in [0.5, 0.6) is 5.75 Å². The quantitative estimate of drug-likeness (QED) is 0.686. The second-order valence-corrected chi connectivity index (χ2v) is 6.42. The minimum Gasteiger partial charge on any atom is -0.488 e. The molecule has 6 heteroatoms. The summed E-state index contributed by atoms with van der Waals surface area (Å²) in [6.45, 7) is 0.378. The van der Waals surface area contributed by atoms with Gasteiger partial charge in [0.15, 0.2) is 5.13 Å². The van der Waals surface area contributed by atoms with Crippen molar-refractivity contribution >= 4 is 38.3 Å².